The Kier molecular flexibility index (Phi) is 3.85. The van der Waals surface area contributed by atoms with Crippen molar-refractivity contribution < 1.29 is 14.6 Å². The summed E-state index contributed by atoms with van der Waals surface area (Å²) in [5, 5.41) is 15.1. The second-order valence-electron chi connectivity index (χ2n) is 4.40. The zero-order chi connectivity index (χ0) is 13.8. The number of benzene rings is 1. The molecule has 2 N–H and O–H groups in total. The number of carboxylic acid groups (broad SMARTS) is 1. The number of H-pyrrole nitrogens is 1. The number of aromatic carboxylic acids is 1. The lowest BCUT2D eigenvalue weighted by Crippen LogP contribution is -2.04. The van der Waals surface area contributed by atoms with Crippen LogP contribution in [0.5, 0.6) is 5.75 Å². The van der Waals surface area contributed by atoms with E-state index >= 15 is 0 Å². The van der Waals surface area contributed by atoms with Crippen molar-refractivity contribution in [2.75, 3.05) is 6.61 Å². The predicted molar refractivity (Wildman–Crippen MR) is 70.7 cm³/mol. The summed E-state index contributed by atoms with van der Waals surface area (Å²) < 4.78 is 5.75. The van der Waals surface area contributed by atoms with Crippen LogP contribution in [-0.2, 0) is 6.42 Å². The molecule has 19 heavy (non-hydrogen) atoms. The van der Waals surface area contributed by atoms with Crippen LogP contribution in [0.2, 0.25) is 0 Å². The van der Waals surface area contributed by atoms with Gasteiger partial charge in [0, 0.05) is 12.1 Å². The molecule has 0 aliphatic heterocycles. The van der Waals surface area contributed by atoms with E-state index in [1.54, 1.807) is 0 Å². The Morgan fingerprint density at radius 2 is 2.05 bits per heavy atom. The van der Waals surface area contributed by atoms with Crippen molar-refractivity contribution in [1.29, 1.82) is 0 Å². The number of hydrogen-bond donors (Lipinski definition) is 2. The minimum Gasteiger partial charge on any atom is -0.493 e. The first-order valence-electron chi connectivity index (χ1n) is 6.04. The third-order valence-electron chi connectivity index (χ3n) is 2.88. The average molecular weight is 260 g/mol. The number of rotatable bonds is 5. The van der Waals surface area contributed by atoms with Gasteiger partial charge in [-0.3, -0.25) is 5.10 Å². The number of hydrogen-bond acceptors (Lipinski definition) is 3. The smallest absolute Gasteiger partial charge is 0.356 e. The molecule has 2 aromatic rings. The molecule has 0 fully saturated rings. The van der Waals surface area contributed by atoms with E-state index in [1.165, 1.54) is 6.07 Å². The number of nitrogens with zero attached hydrogens (tertiary/aromatic N) is 1. The second kappa shape index (κ2) is 5.56. The van der Waals surface area contributed by atoms with Crippen molar-refractivity contribution >= 4 is 5.97 Å². The number of aromatic nitrogens is 2. The summed E-state index contributed by atoms with van der Waals surface area (Å²) in [5.41, 5.74) is 2.97. The molecular weight excluding hydrogens is 244 g/mol. The summed E-state index contributed by atoms with van der Waals surface area (Å²) >= 11 is 0. The topological polar surface area (TPSA) is 75.2 Å². The van der Waals surface area contributed by atoms with Crippen molar-refractivity contribution in [3.05, 3.63) is 46.8 Å². The molecule has 0 atom stereocenters. The van der Waals surface area contributed by atoms with E-state index in [1.807, 2.05) is 32.0 Å². The fraction of sp³-hybridized carbons (Fsp3) is 0.286. The Balaban J connectivity index is 1.94. The fourth-order valence-corrected chi connectivity index (χ4v) is 1.89. The van der Waals surface area contributed by atoms with Crippen molar-refractivity contribution in [2.24, 2.45) is 0 Å². The maximum absolute atomic E-state index is 10.7. The standard InChI is InChI=1S/C14H16N2O3/c1-9-4-3-5-10(2)13(9)19-7-6-11-8-12(14(17)18)16-15-11/h3-5,8H,6-7H2,1-2H3,(H,15,16)(H,17,18). The molecule has 100 valence electrons. The number of ether oxygens (including phenoxy) is 1. The lowest BCUT2D eigenvalue weighted by molar-refractivity contribution is 0.0690. The van der Waals surface area contributed by atoms with Gasteiger partial charge in [0.2, 0.25) is 0 Å². The Bertz CT molecular complexity index is 570. The predicted octanol–water partition coefficient (Wildman–Crippen LogP) is 2.35. The molecule has 0 bridgehead atoms. The zero-order valence-electron chi connectivity index (χ0n) is 10.9. The van der Waals surface area contributed by atoms with Crippen LogP contribution in [-0.4, -0.2) is 27.9 Å². The van der Waals surface area contributed by atoms with Gasteiger partial charge in [-0.25, -0.2) is 4.79 Å². The first-order valence-corrected chi connectivity index (χ1v) is 6.04. The van der Waals surface area contributed by atoms with Gasteiger partial charge in [0.25, 0.3) is 0 Å². The summed E-state index contributed by atoms with van der Waals surface area (Å²) in [7, 11) is 0. The third kappa shape index (κ3) is 3.13. The highest BCUT2D eigenvalue weighted by molar-refractivity contribution is 5.85. The summed E-state index contributed by atoms with van der Waals surface area (Å²) in [5.74, 6) is -0.140. The zero-order valence-corrected chi connectivity index (χ0v) is 10.9. The van der Waals surface area contributed by atoms with Crippen LogP contribution in [0.3, 0.4) is 0 Å². The average Bonchev–Trinajstić information content (AvgIpc) is 2.82. The van der Waals surface area contributed by atoms with Crippen LogP contribution in [0.1, 0.15) is 27.3 Å². The number of aromatic amines is 1. The molecule has 0 spiro atoms. The second-order valence-corrected chi connectivity index (χ2v) is 4.40. The van der Waals surface area contributed by atoms with E-state index in [0.717, 1.165) is 22.6 Å². The number of aryl methyl sites for hydroxylation is 2. The van der Waals surface area contributed by atoms with E-state index in [-0.39, 0.29) is 5.69 Å². The summed E-state index contributed by atoms with van der Waals surface area (Å²) in [6.07, 6.45) is 0.591. The summed E-state index contributed by atoms with van der Waals surface area (Å²) in [4.78, 5) is 10.7. The molecule has 5 nitrogen and oxygen atoms in total. The molecule has 0 saturated carbocycles. The van der Waals surface area contributed by atoms with Crippen LogP contribution in [0.25, 0.3) is 0 Å². The molecular formula is C14H16N2O3. The molecule has 5 heteroatoms. The minimum atomic E-state index is -1.03. The normalized spacial score (nSPS) is 10.4. The molecule has 0 aliphatic rings. The van der Waals surface area contributed by atoms with E-state index < -0.39 is 5.97 Å². The van der Waals surface area contributed by atoms with Crippen molar-refractivity contribution in [3.8, 4) is 5.75 Å². The third-order valence-corrected chi connectivity index (χ3v) is 2.88. The van der Waals surface area contributed by atoms with E-state index in [0.29, 0.717) is 13.0 Å². The first kappa shape index (κ1) is 13.1. The number of nitrogens with one attached hydrogen (secondary N) is 1. The van der Waals surface area contributed by atoms with Gasteiger partial charge in [0.05, 0.1) is 6.61 Å². The van der Waals surface area contributed by atoms with Crippen molar-refractivity contribution in [3.63, 3.8) is 0 Å². The number of carboxylic acids is 1. The Morgan fingerprint density at radius 3 is 2.63 bits per heavy atom. The minimum absolute atomic E-state index is 0.0297. The van der Waals surface area contributed by atoms with Crippen LogP contribution in [0, 0.1) is 13.8 Å². The molecule has 0 aliphatic carbocycles. The maximum Gasteiger partial charge on any atom is 0.356 e. The Labute approximate surface area is 111 Å². The van der Waals surface area contributed by atoms with Crippen LogP contribution >= 0.6 is 0 Å². The maximum atomic E-state index is 10.7. The van der Waals surface area contributed by atoms with E-state index in [9.17, 15) is 4.79 Å². The van der Waals surface area contributed by atoms with Crippen molar-refractivity contribution in [1.82, 2.24) is 10.2 Å². The van der Waals surface area contributed by atoms with Crippen molar-refractivity contribution in [2.45, 2.75) is 20.3 Å². The van der Waals surface area contributed by atoms with Crippen LogP contribution in [0.15, 0.2) is 24.3 Å². The van der Waals surface area contributed by atoms with Gasteiger partial charge in [-0.2, -0.15) is 5.10 Å². The molecule has 2 rings (SSSR count). The van der Waals surface area contributed by atoms with Crippen LogP contribution < -0.4 is 4.74 Å². The van der Waals surface area contributed by atoms with Crippen LogP contribution in [0.4, 0.5) is 0 Å². The number of carbonyl (C=O) groups is 1. The van der Waals surface area contributed by atoms with E-state index in [2.05, 4.69) is 10.2 Å². The van der Waals surface area contributed by atoms with Gasteiger partial charge in [0.15, 0.2) is 5.69 Å². The fourth-order valence-electron chi connectivity index (χ4n) is 1.89. The quantitative estimate of drug-likeness (QED) is 0.865. The van der Waals surface area contributed by atoms with Gasteiger partial charge in [0.1, 0.15) is 5.75 Å². The lowest BCUT2D eigenvalue weighted by Gasteiger charge is -2.11. The molecule has 0 radical (unpaired) electrons. The Hall–Kier alpha value is -2.30. The highest BCUT2D eigenvalue weighted by Crippen LogP contribution is 2.22. The van der Waals surface area contributed by atoms with Gasteiger partial charge in [-0.05, 0) is 31.0 Å². The molecule has 0 amide bonds. The molecule has 1 aromatic heterocycles. The monoisotopic (exact) mass is 260 g/mol. The molecule has 0 unspecified atom stereocenters. The van der Waals surface area contributed by atoms with Gasteiger partial charge < -0.3 is 9.84 Å². The highest BCUT2D eigenvalue weighted by atomic mass is 16.5. The molecule has 1 heterocycles. The van der Waals surface area contributed by atoms with Gasteiger partial charge >= 0.3 is 5.97 Å². The first-order chi connectivity index (χ1) is 9.08. The Morgan fingerprint density at radius 1 is 1.37 bits per heavy atom. The highest BCUT2D eigenvalue weighted by Gasteiger charge is 2.08. The molecule has 0 saturated heterocycles. The van der Waals surface area contributed by atoms with Gasteiger partial charge in [-0.1, -0.05) is 18.2 Å². The summed E-state index contributed by atoms with van der Waals surface area (Å²) in [6.45, 7) is 4.48. The largest absolute Gasteiger partial charge is 0.493 e. The van der Waals surface area contributed by atoms with Gasteiger partial charge in [-0.15, -0.1) is 0 Å². The molecule has 1 aromatic carbocycles. The van der Waals surface area contributed by atoms with E-state index in [4.69, 9.17) is 9.84 Å². The summed E-state index contributed by atoms with van der Waals surface area (Å²) in [6, 6.07) is 7.52. The lowest BCUT2D eigenvalue weighted by atomic mass is 10.1. The SMILES string of the molecule is Cc1cccc(C)c1OCCc1cc(C(=O)O)n[nH]1. The number of para-hydroxylation sites is 1.